The number of carbonyl (C=O) groups is 1. The zero-order valence-corrected chi connectivity index (χ0v) is 16.0. The van der Waals surface area contributed by atoms with Crippen LogP contribution in [0, 0.1) is 0 Å². The lowest BCUT2D eigenvalue weighted by molar-refractivity contribution is -0.137. The monoisotopic (exact) mass is 394 g/mol. The Labute approximate surface area is 167 Å². The molecular formula is C22H22N2O5. The number of rotatable bonds is 8. The molecule has 0 bridgehead atoms. The van der Waals surface area contributed by atoms with Crippen molar-refractivity contribution in [1.29, 1.82) is 0 Å². The summed E-state index contributed by atoms with van der Waals surface area (Å²) in [5, 5.41) is 19.2. The Bertz CT molecular complexity index is 1120. The highest BCUT2D eigenvalue weighted by Gasteiger charge is 2.10. The van der Waals surface area contributed by atoms with Gasteiger partial charge in [-0.3, -0.25) is 14.2 Å². The van der Waals surface area contributed by atoms with Gasteiger partial charge in [-0.05, 0) is 49.2 Å². The SMILES string of the molecule is CCOc1cc(/C=C/c2nc3ccccc3c(=O)n2CCCC(=O)O)ccc1O. The van der Waals surface area contributed by atoms with Crippen LogP contribution >= 0.6 is 0 Å². The molecule has 0 atom stereocenters. The molecule has 0 radical (unpaired) electrons. The largest absolute Gasteiger partial charge is 0.504 e. The molecule has 0 aliphatic rings. The molecule has 0 unspecified atom stereocenters. The molecule has 3 rings (SSSR count). The van der Waals surface area contributed by atoms with Crippen LogP contribution in [0.4, 0.5) is 0 Å². The summed E-state index contributed by atoms with van der Waals surface area (Å²) in [7, 11) is 0. The number of phenols is 1. The Hall–Kier alpha value is -3.61. The highest BCUT2D eigenvalue weighted by atomic mass is 16.5. The molecule has 7 heteroatoms. The van der Waals surface area contributed by atoms with Gasteiger partial charge >= 0.3 is 5.97 Å². The molecule has 0 aliphatic carbocycles. The third-order valence-electron chi connectivity index (χ3n) is 4.37. The number of aromatic hydroxyl groups is 1. The average Bonchev–Trinajstić information content (AvgIpc) is 2.70. The summed E-state index contributed by atoms with van der Waals surface area (Å²) >= 11 is 0. The van der Waals surface area contributed by atoms with Gasteiger partial charge in [0.2, 0.25) is 0 Å². The second-order valence-electron chi connectivity index (χ2n) is 6.43. The molecule has 0 amide bonds. The van der Waals surface area contributed by atoms with E-state index < -0.39 is 5.97 Å². The zero-order valence-electron chi connectivity index (χ0n) is 16.0. The van der Waals surface area contributed by atoms with Crippen molar-refractivity contribution in [3.63, 3.8) is 0 Å². The molecule has 7 nitrogen and oxygen atoms in total. The minimum atomic E-state index is -0.906. The number of aliphatic carboxylic acids is 1. The fourth-order valence-electron chi connectivity index (χ4n) is 2.99. The first-order chi connectivity index (χ1) is 14.0. The van der Waals surface area contributed by atoms with E-state index in [9.17, 15) is 14.7 Å². The van der Waals surface area contributed by atoms with E-state index in [1.165, 1.54) is 4.57 Å². The van der Waals surface area contributed by atoms with Crippen LogP contribution in [0.2, 0.25) is 0 Å². The number of fused-ring (bicyclic) bond motifs is 1. The number of carboxylic acid groups (broad SMARTS) is 1. The molecule has 0 saturated carbocycles. The summed E-state index contributed by atoms with van der Waals surface area (Å²) in [5.74, 6) is -0.0417. The van der Waals surface area contributed by atoms with Crippen LogP contribution in [-0.2, 0) is 11.3 Å². The van der Waals surface area contributed by atoms with Gasteiger partial charge in [-0.1, -0.05) is 24.3 Å². The average molecular weight is 394 g/mol. The van der Waals surface area contributed by atoms with E-state index in [0.29, 0.717) is 35.5 Å². The predicted octanol–water partition coefficient (Wildman–Crippen LogP) is 3.54. The molecule has 1 heterocycles. The third-order valence-corrected chi connectivity index (χ3v) is 4.37. The van der Waals surface area contributed by atoms with Crippen molar-refractivity contribution in [2.24, 2.45) is 0 Å². The predicted molar refractivity (Wildman–Crippen MR) is 111 cm³/mol. The van der Waals surface area contributed by atoms with E-state index in [1.807, 2.05) is 13.0 Å². The van der Waals surface area contributed by atoms with E-state index in [0.717, 1.165) is 5.56 Å². The van der Waals surface area contributed by atoms with Crippen LogP contribution < -0.4 is 10.3 Å². The number of phenolic OH excluding ortho intramolecular Hbond substituents is 1. The van der Waals surface area contributed by atoms with Gasteiger partial charge in [0.05, 0.1) is 17.5 Å². The van der Waals surface area contributed by atoms with Crippen LogP contribution in [0.5, 0.6) is 11.5 Å². The maximum atomic E-state index is 12.9. The van der Waals surface area contributed by atoms with Crippen molar-refractivity contribution < 1.29 is 19.7 Å². The first-order valence-electron chi connectivity index (χ1n) is 9.35. The fraction of sp³-hybridized carbons (Fsp3) is 0.227. The molecular weight excluding hydrogens is 372 g/mol. The van der Waals surface area contributed by atoms with Gasteiger partial charge in [0.15, 0.2) is 11.5 Å². The van der Waals surface area contributed by atoms with Gasteiger partial charge < -0.3 is 14.9 Å². The highest BCUT2D eigenvalue weighted by Crippen LogP contribution is 2.27. The van der Waals surface area contributed by atoms with Crippen LogP contribution in [0.1, 0.15) is 31.2 Å². The van der Waals surface area contributed by atoms with Crippen LogP contribution in [-0.4, -0.2) is 32.3 Å². The number of benzene rings is 2. The number of aromatic nitrogens is 2. The lowest BCUT2D eigenvalue weighted by Gasteiger charge is -2.11. The van der Waals surface area contributed by atoms with E-state index in [1.54, 1.807) is 48.6 Å². The van der Waals surface area contributed by atoms with Crippen molar-refractivity contribution in [3.8, 4) is 11.5 Å². The van der Waals surface area contributed by atoms with Crippen molar-refractivity contribution in [1.82, 2.24) is 9.55 Å². The number of nitrogens with zero attached hydrogens (tertiary/aromatic N) is 2. The first kappa shape index (κ1) is 20.1. The quantitative estimate of drug-likeness (QED) is 0.606. The van der Waals surface area contributed by atoms with Gasteiger partial charge in [-0.2, -0.15) is 0 Å². The standard InChI is InChI=1S/C22H22N2O5/c1-2-29-19-14-15(9-11-18(19)25)10-12-20-23-17-7-4-3-6-16(17)22(28)24(20)13-5-8-21(26)27/h3-4,6-7,9-12,14,25H,2,5,8,13H2,1H3,(H,26,27)/b12-10+. The Kier molecular flexibility index (Phi) is 6.29. The Morgan fingerprint density at radius 3 is 2.76 bits per heavy atom. The number of ether oxygens (including phenoxy) is 1. The fourth-order valence-corrected chi connectivity index (χ4v) is 2.99. The van der Waals surface area contributed by atoms with Crippen molar-refractivity contribution in [2.75, 3.05) is 6.61 Å². The number of para-hydroxylation sites is 1. The van der Waals surface area contributed by atoms with Crippen LogP contribution in [0.3, 0.4) is 0 Å². The lowest BCUT2D eigenvalue weighted by atomic mass is 10.1. The smallest absolute Gasteiger partial charge is 0.303 e. The Morgan fingerprint density at radius 1 is 1.21 bits per heavy atom. The number of hydrogen-bond acceptors (Lipinski definition) is 5. The van der Waals surface area contributed by atoms with Gasteiger partial charge in [0, 0.05) is 13.0 Å². The van der Waals surface area contributed by atoms with E-state index >= 15 is 0 Å². The summed E-state index contributed by atoms with van der Waals surface area (Å²) in [4.78, 5) is 28.3. The molecule has 29 heavy (non-hydrogen) atoms. The molecule has 0 spiro atoms. The zero-order chi connectivity index (χ0) is 20.8. The minimum absolute atomic E-state index is 0.0297. The maximum Gasteiger partial charge on any atom is 0.303 e. The highest BCUT2D eigenvalue weighted by molar-refractivity contribution is 5.79. The van der Waals surface area contributed by atoms with Gasteiger partial charge in [-0.15, -0.1) is 0 Å². The Balaban J connectivity index is 2.00. The van der Waals surface area contributed by atoms with Gasteiger partial charge in [-0.25, -0.2) is 4.98 Å². The summed E-state index contributed by atoms with van der Waals surface area (Å²) < 4.78 is 6.89. The van der Waals surface area contributed by atoms with Gasteiger partial charge in [0.25, 0.3) is 5.56 Å². The summed E-state index contributed by atoms with van der Waals surface area (Å²) in [5.41, 5.74) is 1.14. The molecule has 0 fully saturated rings. The topological polar surface area (TPSA) is 102 Å². The van der Waals surface area contributed by atoms with E-state index in [-0.39, 0.29) is 24.3 Å². The van der Waals surface area contributed by atoms with E-state index in [2.05, 4.69) is 4.98 Å². The van der Waals surface area contributed by atoms with E-state index in [4.69, 9.17) is 9.84 Å². The summed E-state index contributed by atoms with van der Waals surface area (Å²) in [6, 6.07) is 12.0. The molecule has 1 aromatic heterocycles. The lowest BCUT2D eigenvalue weighted by Crippen LogP contribution is -2.24. The number of carboxylic acids is 1. The molecule has 150 valence electrons. The molecule has 0 saturated heterocycles. The molecule has 0 aliphatic heterocycles. The third kappa shape index (κ3) is 4.82. The maximum absolute atomic E-state index is 12.9. The normalized spacial score (nSPS) is 11.2. The second kappa shape index (κ2) is 9.05. The summed E-state index contributed by atoms with van der Waals surface area (Å²) in [6.07, 6.45) is 3.77. The number of hydrogen-bond donors (Lipinski definition) is 2. The van der Waals surface area contributed by atoms with Crippen molar-refractivity contribution in [3.05, 3.63) is 64.2 Å². The molecule has 2 aromatic carbocycles. The first-order valence-corrected chi connectivity index (χ1v) is 9.35. The van der Waals surface area contributed by atoms with Crippen molar-refractivity contribution >= 4 is 29.0 Å². The second-order valence-corrected chi connectivity index (χ2v) is 6.43. The van der Waals surface area contributed by atoms with Crippen LogP contribution in [0.15, 0.2) is 47.3 Å². The summed E-state index contributed by atoms with van der Waals surface area (Å²) in [6.45, 7) is 2.51. The van der Waals surface area contributed by atoms with Gasteiger partial charge in [0.1, 0.15) is 5.82 Å². The molecule has 3 aromatic rings. The van der Waals surface area contributed by atoms with Crippen molar-refractivity contribution in [2.45, 2.75) is 26.3 Å². The molecule has 2 N–H and O–H groups in total. The van der Waals surface area contributed by atoms with Crippen LogP contribution in [0.25, 0.3) is 23.1 Å². The Morgan fingerprint density at radius 2 is 2.00 bits per heavy atom. The minimum Gasteiger partial charge on any atom is -0.504 e.